The molecule has 3 aliphatic rings. The lowest BCUT2D eigenvalue weighted by molar-refractivity contribution is -0.122. The lowest BCUT2D eigenvalue weighted by Gasteiger charge is -2.48. The van der Waals surface area contributed by atoms with Crippen molar-refractivity contribution in [2.24, 2.45) is 0 Å². The maximum atomic E-state index is 13.1. The number of para-hydroxylation sites is 1. The van der Waals surface area contributed by atoms with Gasteiger partial charge < -0.3 is 10.2 Å². The van der Waals surface area contributed by atoms with Gasteiger partial charge in [-0.25, -0.2) is 8.42 Å². The number of carbonyl (C=O) groups is 3. The summed E-state index contributed by atoms with van der Waals surface area (Å²) in [4.78, 5) is 41.2. The number of nitrogens with one attached hydrogen (secondary N) is 1. The molecule has 2 saturated heterocycles. The van der Waals surface area contributed by atoms with E-state index in [0.717, 1.165) is 0 Å². The molecule has 8 nitrogen and oxygen atoms in total. The maximum absolute atomic E-state index is 13.1. The van der Waals surface area contributed by atoms with E-state index in [1.54, 1.807) is 34.1 Å². The van der Waals surface area contributed by atoms with Crippen LogP contribution >= 0.6 is 0 Å². The Labute approximate surface area is 163 Å². The third-order valence-electron chi connectivity index (χ3n) is 5.91. The second-order valence-corrected chi connectivity index (χ2v) is 10.1. The molecule has 0 aromatic heterocycles. The van der Waals surface area contributed by atoms with Gasteiger partial charge in [-0.15, -0.1) is 0 Å². The zero-order valence-electron chi connectivity index (χ0n) is 15.7. The van der Waals surface area contributed by atoms with Crippen molar-refractivity contribution in [1.29, 1.82) is 0 Å². The number of hydrogen-bond donors (Lipinski definition) is 1. The van der Waals surface area contributed by atoms with Crippen LogP contribution in [0.2, 0.25) is 0 Å². The summed E-state index contributed by atoms with van der Waals surface area (Å²) in [5.41, 5.74) is 0.284. The monoisotopic (exact) mass is 405 g/mol. The fourth-order valence-electron chi connectivity index (χ4n) is 4.46. The van der Waals surface area contributed by atoms with E-state index >= 15 is 0 Å². The van der Waals surface area contributed by atoms with Gasteiger partial charge in [0.25, 0.3) is 5.91 Å². The first-order chi connectivity index (χ1) is 13.2. The van der Waals surface area contributed by atoms with Gasteiger partial charge >= 0.3 is 0 Å². The lowest BCUT2D eigenvalue weighted by Crippen LogP contribution is -2.62. The molecule has 0 radical (unpaired) electrons. The number of sulfone groups is 1. The molecule has 150 valence electrons. The minimum atomic E-state index is -3.07. The Kier molecular flexibility index (Phi) is 4.45. The van der Waals surface area contributed by atoms with Crippen molar-refractivity contribution in [2.45, 2.75) is 44.3 Å². The lowest BCUT2D eigenvalue weighted by atomic mass is 9.98. The second-order valence-electron chi connectivity index (χ2n) is 7.84. The molecule has 28 heavy (non-hydrogen) atoms. The molecule has 1 aromatic rings. The average molecular weight is 405 g/mol. The summed E-state index contributed by atoms with van der Waals surface area (Å²) < 4.78 is 23.1. The number of fused-ring (bicyclic) bond motifs is 3. The summed E-state index contributed by atoms with van der Waals surface area (Å²) in [7, 11) is -3.07. The van der Waals surface area contributed by atoms with E-state index in [4.69, 9.17) is 0 Å². The highest BCUT2D eigenvalue weighted by molar-refractivity contribution is 7.91. The van der Waals surface area contributed by atoms with Crippen LogP contribution in [0.1, 0.15) is 43.0 Å². The predicted octanol–water partition coefficient (Wildman–Crippen LogP) is 0.679. The van der Waals surface area contributed by atoms with Crippen LogP contribution in [0.4, 0.5) is 5.69 Å². The standard InChI is InChI=1S/C19H23N3O5S/c1-19-9-6-17(24)22(19)15-5-3-2-4-14(15)18(25)21(19)10-7-16(23)20-13-8-11-28(26,27)12-13/h2-5,13H,6-12H2,1H3,(H,20,23). The Bertz CT molecular complexity index is 960. The van der Waals surface area contributed by atoms with Crippen LogP contribution in [0.3, 0.4) is 0 Å². The van der Waals surface area contributed by atoms with Gasteiger partial charge in [-0.2, -0.15) is 0 Å². The molecule has 9 heteroatoms. The van der Waals surface area contributed by atoms with Crippen molar-refractivity contribution in [3.63, 3.8) is 0 Å². The number of nitrogens with zero attached hydrogens (tertiary/aromatic N) is 2. The molecule has 2 unspecified atom stereocenters. The number of rotatable bonds is 4. The molecule has 0 aliphatic carbocycles. The molecular formula is C19H23N3O5S. The quantitative estimate of drug-likeness (QED) is 0.793. The largest absolute Gasteiger partial charge is 0.352 e. The molecule has 2 atom stereocenters. The van der Waals surface area contributed by atoms with Crippen LogP contribution in [0, 0.1) is 0 Å². The van der Waals surface area contributed by atoms with Gasteiger partial charge in [0.15, 0.2) is 9.84 Å². The van der Waals surface area contributed by atoms with Crippen molar-refractivity contribution in [1.82, 2.24) is 10.2 Å². The van der Waals surface area contributed by atoms with Crippen molar-refractivity contribution < 1.29 is 22.8 Å². The molecule has 0 spiro atoms. The highest BCUT2D eigenvalue weighted by Gasteiger charge is 2.52. The predicted molar refractivity (Wildman–Crippen MR) is 102 cm³/mol. The van der Waals surface area contributed by atoms with Gasteiger partial charge in [-0.3, -0.25) is 19.3 Å². The van der Waals surface area contributed by atoms with Gasteiger partial charge in [-0.05, 0) is 31.9 Å². The van der Waals surface area contributed by atoms with Crippen LogP contribution in [0.5, 0.6) is 0 Å². The molecule has 4 rings (SSSR count). The molecule has 3 heterocycles. The normalized spacial score (nSPS) is 28.2. The van der Waals surface area contributed by atoms with E-state index in [1.807, 2.05) is 6.92 Å². The summed E-state index contributed by atoms with van der Waals surface area (Å²) in [5, 5.41) is 2.75. The van der Waals surface area contributed by atoms with E-state index in [1.165, 1.54) is 0 Å². The van der Waals surface area contributed by atoms with Crippen LogP contribution in [0.25, 0.3) is 0 Å². The Balaban J connectivity index is 1.50. The van der Waals surface area contributed by atoms with Crippen LogP contribution in [-0.4, -0.2) is 60.8 Å². The minimum absolute atomic E-state index is 0.0330. The molecule has 0 saturated carbocycles. The van der Waals surface area contributed by atoms with Crippen molar-refractivity contribution in [3.8, 4) is 0 Å². The summed E-state index contributed by atoms with van der Waals surface area (Å²) >= 11 is 0. The topological polar surface area (TPSA) is 104 Å². The smallest absolute Gasteiger partial charge is 0.257 e. The zero-order chi connectivity index (χ0) is 20.1. The Morgan fingerprint density at radius 2 is 2.04 bits per heavy atom. The van der Waals surface area contributed by atoms with Gasteiger partial charge in [-0.1, -0.05) is 12.1 Å². The average Bonchev–Trinajstić information content (AvgIpc) is 3.13. The third-order valence-corrected chi connectivity index (χ3v) is 7.67. The first kappa shape index (κ1) is 18.9. The molecule has 3 aliphatic heterocycles. The number of carbonyl (C=O) groups excluding carboxylic acids is 3. The molecule has 3 amide bonds. The number of anilines is 1. The van der Waals surface area contributed by atoms with E-state index in [9.17, 15) is 22.8 Å². The minimum Gasteiger partial charge on any atom is -0.352 e. The Morgan fingerprint density at radius 1 is 1.29 bits per heavy atom. The Morgan fingerprint density at radius 3 is 2.75 bits per heavy atom. The SMILES string of the molecule is CC12CCC(=O)N1c1ccccc1C(=O)N2CCC(=O)NC1CCS(=O)(=O)C1. The molecular weight excluding hydrogens is 382 g/mol. The van der Waals surface area contributed by atoms with Crippen LogP contribution in [-0.2, 0) is 19.4 Å². The van der Waals surface area contributed by atoms with Crippen molar-refractivity contribution >= 4 is 33.2 Å². The third kappa shape index (κ3) is 3.07. The van der Waals surface area contributed by atoms with Crippen LogP contribution < -0.4 is 10.2 Å². The fourth-order valence-corrected chi connectivity index (χ4v) is 6.14. The van der Waals surface area contributed by atoms with Gasteiger partial charge in [0.05, 0.1) is 22.8 Å². The van der Waals surface area contributed by atoms with Gasteiger partial charge in [0, 0.05) is 25.4 Å². The number of amides is 3. The first-order valence-electron chi connectivity index (χ1n) is 9.45. The summed E-state index contributed by atoms with van der Waals surface area (Å²) in [6.07, 6.45) is 1.33. The zero-order valence-corrected chi connectivity index (χ0v) is 16.5. The molecule has 1 N–H and O–H groups in total. The Hall–Kier alpha value is -2.42. The van der Waals surface area contributed by atoms with E-state index in [-0.39, 0.29) is 48.2 Å². The first-order valence-corrected chi connectivity index (χ1v) is 11.3. The number of hydrogen-bond acceptors (Lipinski definition) is 5. The fraction of sp³-hybridized carbons (Fsp3) is 0.526. The highest BCUT2D eigenvalue weighted by atomic mass is 32.2. The van der Waals surface area contributed by atoms with Crippen LogP contribution in [0.15, 0.2) is 24.3 Å². The van der Waals surface area contributed by atoms with E-state index in [0.29, 0.717) is 30.5 Å². The number of benzene rings is 1. The highest BCUT2D eigenvalue weighted by Crippen LogP contribution is 2.43. The maximum Gasteiger partial charge on any atom is 0.257 e. The van der Waals surface area contributed by atoms with Crippen molar-refractivity contribution in [2.75, 3.05) is 23.0 Å². The van der Waals surface area contributed by atoms with Gasteiger partial charge in [0.2, 0.25) is 11.8 Å². The molecule has 1 aromatic carbocycles. The van der Waals surface area contributed by atoms with Gasteiger partial charge in [0.1, 0.15) is 5.66 Å². The van der Waals surface area contributed by atoms with E-state index in [2.05, 4.69) is 5.32 Å². The van der Waals surface area contributed by atoms with Crippen molar-refractivity contribution in [3.05, 3.63) is 29.8 Å². The molecule has 2 fully saturated rings. The summed E-state index contributed by atoms with van der Waals surface area (Å²) in [5.74, 6) is -0.454. The van der Waals surface area contributed by atoms with E-state index < -0.39 is 15.5 Å². The second kappa shape index (κ2) is 6.58. The molecule has 0 bridgehead atoms. The summed E-state index contributed by atoms with van der Waals surface area (Å²) in [6.45, 7) is 2.02. The summed E-state index contributed by atoms with van der Waals surface area (Å²) in [6, 6.07) is 6.66.